The van der Waals surface area contributed by atoms with Crippen LogP contribution in [-0.4, -0.2) is 66.6 Å². The van der Waals surface area contributed by atoms with Crippen molar-refractivity contribution in [2.75, 3.05) is 42.9 Å². The first-order valence-electron chi connectivity index (χ1n) is 10.2. The highest BCUT2D eigenvalue weighted by Crippen LogP contribution is 2.28. The van der Waals surface area contributed by atoms with Crippen LogP contribution in [0.15, 0.2) is 18.2 Å². The molecule has 0 spiro atoms. The standard InChI is InChI=1S/C21H32N4O4/c1-4-5-6-19(26)23-17-13-16(21(28)29)7-8-18(17)25-11-9-24(10-12-25)14-20(27)22-15(2)3/h7-8,13,15H,4-6,9-12,14H2,1-3H3,(H,22,27)(H,23,26)(H,28,29). The van der Waals surface area contributed by atoms with E-state index in [0.29, 0.717) is 31.7 Å². The Labute approximate surface area is 172 Å². The number of benzene rings is 1. The van der Waals surface area contributed by atoms with E-state index >= 15 is 0 Å². The van der Waals surface area contributed by atoms with E-state index in [1.165, 1.54) is 6.07 Å². The van der Waals surface area contributed by atoms with Gasteiger partial charge in [-0.15, -0.1) is 0 Å². The normalized spacial score (nSPS) is 14.7. The summed E-state index contributed by atoms with van der Waals surface area (Å²) >= 11 is 0. The number of piperazine rings is 1. The van der Waals surface area contributed by atoms with E-state index in [4.69, 9.17) is 0 Å². The molecule has 1 aliphatic heterocycles. The summed E-state index contributed by atoms with van der Waals surface area (Å²) in [6.07, 6.45) is 2.12. The zero-order valence-corrected chi connectivity index (χ0v) is 17.5. The number of hydrogen-bond acceptors (Lipinski definition) is 5. The maximum absolute atomic E-state index is 12.2. The van der Waals surface area contributed by atoms with Gasteiger partial charge in [0.05, 0.1) is 23.5 Å². The summed E-state index contributed by atoms with van der Waals surface area (Å²) in [4.78, 5) is 39.8. The highest BCUT2D eigenvalue weighted by Gasteiger charge is 2.22. The number of aromatic carboxylic acids is 1. The van der Waals surface area contributed by atoms with Crippen molar-refractivity contribution in [1.82, 2.24) is 10.2 Å². The summed E-state index contributed by atoms with van der Waals surface area (Å²) in [6.45, 7) is 9.08. The van der Waals surface area contributed by atoms with Gasteiger partial charge in [0.1, 0.15) is 0 Å². The fraction of sp³-hybridized carbons (Fsp3) is 0.571. The number of carbonyl (C=O) groups excluding carboxylic acids is 2. The number of unbranched alkanes of at least 4 members (excludes halogenated alkanes) is 1. The molecule has 0 radical (unpaired) electrons. The molecule has 29 heavy (non-hydrogen) atoms. The van der Waals surface area contributed by atoms with E-state index < -0.39 is 5.97 Å². The Morgan fingerprint density at radius 3 is 2.38 bits per heavy atom. The molecule has 1 saturated heterocycles. The maximum Gasteiger partial charge on any atom is 0.335 e. The lowest BCUT2D eigenvalue weighted by Crippen LogP contribution is -2.50. The van der Waals surface area contributed by atoms with Gasteiger partial charge in [-0.25, -0.2) is 4.79 Å². The highest BCUT2D eigenvalue weighted by molar-refractivity contribution is 5.97. The predicted molar refractivity (Wildman–Crippen MR) is 113 cm³/mol. The number of carboxylic acid groups (broad SMARTS) is 1. The van der Waals surface area contributed by atoms with Crippen molar-refractivity contribution in [2.45, 2.75) is 46.1 Å². The lowest BCUT2D eigenvalue weighted by molar-refractivity contribution is -0.122. The van der Waals surface area contributed by atoms with Crippen LogP contribution in [0.4, 0.5) is 11.4 Å². The van der Waals surface area contributed by atoms with Crippen LogP contribution < -0.4 is 15.5 Å². The van der Waals surface area contributed by atoms with Gasteiger partial charge >= 0.3 is 5.97 Å². The van der Waals surface area contributed by atoms with Crippen molar-refractivity contribution in [3.05, 3.63) is 23.8 Å². The Morgan fingerprint density at radius 1 is 1.10 bits per heavy atom. The minimum Gasteiger partial charge on any atom is -0.478 e. The zero-order chi connectivity index (χ0) is 21.4. The van der Waals surface area contributed by atoms with Crippen molar-refractivity contribution in [3.63, 3.8) is 0 Å². The summed E-state index contributed by atoms with van der Waals surface area (Å²) in [5.41, 5.74) is 1.48. The average molecular weight is 405 g/mol. The van der Waals surface area contributed by atoms with Gasteiger partial charge in [0.15, 0.2) is 0 Å². The van der Waals surface area contributed by atoms with E-state index in [9.17, 15) is 19.5 Å². The van der Waals surface area contributed by atoms with Crippen molar-refractivity contribution in [2.24, 2.45) is 0 Å². The first-order valence-corrected chi connectivity index (χ1v) is 10.2. The number of anilines is 2. The molecule has 2 rings (SSSR count). The average Bonchev–Trinajstić information content (AvgIpc) is 2.66. The molecule has 0 atom stereocenters. The summed E-state index contributed by atoms with van der Waals surface area (Å²) < 4.78 is 0. The largest absolute Gasteiger partial charge is 0.478 e. The number of amides is 2. The fourth-order valence-electron chi connectivity index (χ4n) is 3.31. The number of nitrogens with zero attached hydrogens (tertiary/aromatic N) is 2. The topological polar surface area (TPSA) is 102 Å². The van der Waals surface area contributed by atoms with Gasteiger partial charge in [0, 0.05) is 38.6 Å². The molecule has 1 aliphatic rings. The smallest absolute Gasteiger partial charge is 0.335 e. The predicted octanol–water partition coefficient (Wildman–Crippen LogP) is 2.16. The van der Waals surface area contributed by atoms with Crippen molar-refractivity contribution >= 4 is 29.2 Å². The Bertz CT molecular complexity index is 727. The minimum absolute atomic E-state index is 0.0168. The quantitative estimate of drug-likeness (QED) is 0.583. The molecule has 1 heterocycles. The Morgan fingerprint density at radius 2 is 1.79 bits per heavy atom. The van der Waals surface area contributed by atoms with Crippen LogP contribution in [0.2, 0.25) is 0 Å². The first kappa shape index (κ1) is 22.7. The second-order valence-corrected chi connectivity index (χ2v) is 7.67. The summed E-state index contributed by atoms with van der Waals surface area (Å²) in [5, 5.41) is 15.1. The number of nitrogens with one attached hydrogen (secondary N) is 2. The number of hydrogen-bond donors (Lipinski definition) is 3. The number of carboxylic acids is 1. The number of rotatable bonds is 9. The second kappa shape index (κ2) is 10.8. The van der Waals surface area contributed by atoms with E-state index in [-0.39, 0.29) is 23.4 Å². The molecule has 1 fully saturated rings. The highest BCUT2D eigenvalue weighted by atomic mass is 16.4. The van der Waals surface area contributed by atoms with Crippen LogP contribution >= 0.6 is 0 Å². The van der Waals surface area contributed by atoms with Crippen LogP contribution in [0.5, 0.6) is 0 Å². The molecule has 2 amide bonds. The van der Waals surface area contributed by atoms with Crippen LogP contribution in [0, 0.1) is 0 Å². The van der Waals surface area contributed by atoms with Gasteiger partial charge in [0.25, 0.3) is 0 Å². The summed E-state index contributed by atoms with van der Waals surface area (Å²) in [5.74, 6) is -1.12. The third kappa shape index (κ3) is 7.05. The monoisotopic (exact) mass is 404 g/mol. The molecule has 8 heteroatoms. The Hall–Kier alpha value is -2.61. The Kier molecular flexibility index (Phi) is 8.45. The van der Waals surface area contributed by atoms with Gasteiger partial charge in [-0.3, -0.25) is 14.5 Å². The van der Waals surface area contributed by atoms with Gasteiger partial charge in [-0.2, -0.15) is 0 Å². The lowest BCUT2D eigenvalue weighted by Gasteiger charge is -2.36. The Balaban J connectivity index is 2.06. The van der Waals surface area contributed by atoms with Crippen molar-refractivity contribution in [3.8, 4) is 0 Å². The van der Waals surface area contributed by atoms with Gasteiger partial charge in [0.2, 0.25) is 11.8 Å². The molecule has 1 aromatic carbocycles. The van der Waals surface area contributed by atoms with Crippen LogP contribution in [0.3, 0.4) is 0 Å². The van der Waals surface area contributed by atoms with E-state index in [0.717, 1.165) is 31.6 Å². The lowest BCUT2D eigenvalue weighted by atomic mass is 10.1. The number of carbonyl (C=O) groups is 3. The summed E-state index contributed by atoms with van der Waals surface area (Å²) in [6, 6.07) is 4.95. The molecule has 0 bridgehead atoms. The van der Waals surface area contributed by atoms with Gasteiger partial charge < -0.3 is 20.6 Å². The van der Waals surface area contributed by atoms with Crippen molar-refractivity contribution in [1.29, 1.82) is 0 Å². The van der Waals surface area contributed by atoms with Gasteiger partial charge in [-0.05, 0) is 38.5 Å². The molecule has 0 unspecified atom stereocenters. The van der Waals surface area contributed by atoms with Gasteiger partial charge in [-0.1, -0.05) is 13.3 Å². The molecular formula is C21H32N4O4. The fourth-order valence-corrected chi connectivity index (χ4v) is 3.31. The second-order valence-electron chi connectivity index (χ2n) is 7.67. The molecule has 0 saturated carbocycles. The molecule has 160 valence electrons. The molecule has 3 N–H and O–H groups in total. The molecular weight excluding hydrogens is 372 g/mol. The van der Waals surface area contributed by atoms with E-state index in [1.54, 1.807) is 12.1 Å². The first-order chi connectivity index (χ1) is 13.8. The maximum atomic E-state index is 12.2. The zero-order valence-electron chi connectivity index (χ0n) is 17.5. The van der Waals surface area contributed by atoms with E-state index in [2.05, 4.69) is 20.4 Å². The van der Waals surface area contributed by atoms with Crippen LogP contribution in [0.25, 0.3) is 0 Å². The van der Waals surface area contributed by atoms with Crippen LogP contribution in [0.1, 0.15) is 50.4 Å². The summed E-state index contributed by atoms with van der Waals surface area (Å²) in [7, 11) is 0. The third-order valence-electron chi connectivity index (χ3n) is 4.80. The molecule has 1 aromatic rings. The molecule has 0 aliphatic carbocycles. The SMILES string of the molecule is CCCCC(=O)Nc1cc(C(=O)O)ccc1N1CCN(CC(=O)NC(C)C)CC1. The minimum atomic E-state index is -1.03. The molecule has 8 nitrogen and oxygen atoms in total. The molecule has 0 aromatic heterocycles. The third-order valence-corrected chi connectivity index (χ3v) is 4.80. The van der Waals surface area contributed by atoms with Crippen molar-refractivity contribution < 1.29 is 19.5 Å². The van der Waals surface area contributed by atoms with Crippen LogP contribution in [-0.2, 0) is 9.59 Å². The van der Waals surface area contributed by atoms with E-state index in [1.807, 2.05) is 20.8 Å².